The lowest BCUT2D eigenvalue weighted by molar-refractivity contribution is 0.669. The molecule has 1 aromatic carbocycles. The van der Waals surface area contributed by atoms with Crippen molar-refractivity contribution in [3.63, 3.8) is 0 Å². The van der Waals surface area contributed by atoms with Gasteiger partial charge < -0.3 is 15.6 Å². The zero-order valence-corrected chi connectivity index (χ0v) is 13.9. The van der Waals surface area contributed by atoms with Crippen LogP contribution in [0.15, 0.2) is 59.0 Å². The van der Waals surface area contributed by atoms with Crippen molar-refractivity contribution < 1.29 is 0 Å². The van der Waals surface area contributed by atoms with Gasteiger partial charge in [0.15, 0.2) is 5.96 Å². The normalized spacial score (nSPS) is 11.9. The lowest BCUT2D eigenvalue weighted by atomic mass is 10.2. The van der Waals surface area contributed by atoms with Crippen molar-refractivity contribution >= 4 is 28.2 Å². The van der Waals surface area contributed by atoms with E-state index in [1.807, 2.05) is 0 Å². The molecule has 3 rings (SSSR count). The minimum atomic E-state index is 0.541. The molecule has 0 amide bonds. The van der Waals surface area contributed by atoms with Crippen LogP contribution >= 0.6 is 11.3 Å². The van der Waals surface area contributed by atoms with Gasteiger partial charge in [-0.1, -0.05) is 24.3 Å². The van der Waals surface area contributed by atoms with Crippen LogP contribution < -0.4 is 11.1 Å². The number of thiophene rings is 1. The predicted octanol–water partition coefficient (Wildman–Crippen LogP) is 3.24. The molecule has 3 aromatic rings. The predicted molar refractivity (Wildman–Crippen MR) is 99.1 cm³/mol. The van der Waals surface area contributed by atoms with E-state index in [1.54, 1.807) is 11.3 Å². The summed E-state index contributed by atoms with van der Waals surface area (Å²) in [6, 6.07) is 14.8. The molecule has 3 N–H and O–H groups in total. The number of nitrogens with two attached hydrogens (primary N) is 1. The molecular weight excluding hydrogens is 304 g/mol. The summed E-state index contributed by atoms with van der Waals surface area (Å²) in [5.74, 6) is 0.541. The Labute approximate surface area is 140 Å². The maximum atomic E-state index is 5.90. The van der Waals surface area contributed by atoms with Gasteiger partial charge >= 0.3 is 0 Å². The molecule has 0 saturated heterocycles. The molecule has 23 heavy (non-hydrogen) atoms. The topological polar surface area (TPSA) is 55.3 Å². The molecule has 4 nitrogen and oxygen atoms in total. The zero-order chi connectivity index (χ0) is 15.9. The van der Waals surface area contributed by atoms with Gasteiger partial charge in [-0.3, -0.25) is 4.99 Å². The number of aryl methyl sites for hydroxylation is 1. The minimum absolute atomic E-state index is 0.541. The first kappa shape index (κ1) is 15.6. The fourth-order valence-corrected chi connectivity index (χ4v) is 3.31. The Hall–Kier alpha value is -2.27. The Morgan fingerprint density at radius 3 is 2.96 bits per heavy atom. The molecule has 0 fully saturated rings. The van der Waals surface area contributed by atoms with Crippen molar-refractivity contribution in [2.24, 2.45) is 10.7 Å². The van der Waals surface area contributed by atoms with Gasteiger partial charge in [0.25, 0.3) is 0 Å². The van der Waals surface area contributed by atoms with Crippen LogP contribution in [0.5, 0.6) is 0 Å². The number of aliphatic imine (C=N–C) groups is 1. The molecule has 120 valence electrons. The van der Waals surface area contributed by atoms with Gasteiger partial charge in [0.1, 0.15) is 0 Å². The van der Waals surface area contributed by atoms with Crippen LogP contribution in [0.4, 0.5) is 0 Å². The second-order valence-corrected chi connectivity index (χ2v) is 6.48. The van der Waals surface area contributed by atoms with Gasteiger partial charge in [-0.25, -0.2) is 0 Å². The molecule has 0 aliphatic rings. The summed E-state index contributed by atoms with van der Waals surface area (Å²) in [4.78, 5) is 5.76. The third-order valence-electron chi connectivity index (χ3n) is 3.78. The number of rotatable bonds is 7. The highest BCUT2D eigenvalue weighted by Gasteiger charge is 1.99. The molecule has 2 aromatic heterocycles. The molecule has 5 heteroatoms. The van der Waals surface area contributed by atoms with Gasteiger partial charge in [-0.15, -0.1) is 11.3 Å². The van der Waals surface area contributed by atoms with E-state index < -0.39 is 0 Å². The first-order valence-corrected chi connectivity index (χ1v) is 8.81. The number of guanidine groups is 1. The van der Waals surface area contributed by atoms with E-state index in [0.29, 0.717) is 5.96 Å². The van der Waals surface area contributed by atoms with E-state index in [-0.39, 0.29) is 0 Å². The number of para-hydroxylation sites is 1. The average molecular weight is 326 g/mol. The van der Waals surface area contributed by atoms with Gasteiger partial charge in [-0.05, 0) is 41.8 Å². The number of nitrogens with zero attached hydrogens (tertiary/aromatic N) is 2. The van der Waals surface area contributed by atoms with Crippen molar-refractivity contribution in [3.05, 3.63) is 58.9 Å². The summed E-state index contributed by atoms with van der Waals surface area (Å²) >= 11 is 1.77. The maximum absolute atomic E-state index is 5.90. The largest absolute Gasteiger partial charge is 0.370 e. The molecule has 0 radical (unpaired) electrons. The SMILES string of the molecule is NC(=NCCCn1ccc2ccccc21)NCCc1cccs1. The summed E-state index contributed by atoms with van der Waals surface area (Å²) in [6.07, 6.45) is 4.10. The van der Waals surface area contributed by atoms with E-state index in [4.69, 9.17) is 5.73 Å². The second-order valence-electron chi connectivity index (χ2n) is 5.44. The Morgan fingerprint density at radius 2 is 2.09 bits per heavy atom. The molecule has 0 unspecified atom stereocenters. The van der Waals surface area contributed by atoms with Gasteiger partial charge in [0.05, 0.1) is 0 Å². The summed E-state index contributed by atoms with van der Waals surface area (Å²) < 4.78 is 2.27. The van der Waals surface area contributed by atoms with Crippen molar-refractivity contribution in [1.29, 1.82) is 0 Å². The maximum Gasteiger partial charge on any atom is 0.188 e. The fourth-order valence-electron chi connectivity index (χ4n) is 2.60. The lowest BCUT2D eigenvalue weighted by Crippen LogP contribution is -2.33. The van der Waals surface area contributed by atoms with Crippen LogP contribution in [0.25, 0.3) is 10.9 Å². The molecule has 0 aliphatic heterocycles. The number of hydrogen-bond donors (Lipinski definition) is 2. The molecule has 2 heterocycles. The van der Waals surface area contributed by atoms with E-state index >= 15 is 0 Å². The minimum Gasteiger partial charge on any atom is -0.370 e. The Bertz CT molecular complexity index is 758. The summed E-state index contributed by atoms with van der Waals surface area (Å²) in [6.45, 7) is 2.53. The molecule has 0 spiro atoms. The Kier molecular flexibility index (Phi) is 5.32. The first-order valence-electron chi connectivity index (χ1n) is 7.93. The van der Waals surface area contributed by atoms with Gasteiger partial charge in [0.2, 0.25) is 0 Å². The monoisotopic (exact) mass is 326 g/mol. The Balaban J connectivity index is 1.40. The summed E-state index contributed by atoms with van der Waals surface area (Å²) in [5, 5.41) is 6.55. The number of aromatic nitrogens is 1. The zero-order valence-electron chi connectivity index (χ0n) is 13.1. The van der Waals surface area contributed by atoms with Crippen molar-refractivity contribution in [2.45, 2.75) is 19.4 Å². The molecular formula is C18H22N4S. The highest BCUT2D eigenvalue weighted by molar-refractivity contribution is 7.09. The van der Waals surface area contributed by atoms with Crippen molar-refractivity contribution in [3.8, 4) is 0 Å². The van der Waals surface area contributed by atoms with Crippen LogP contribution in [0.1, 0.15) is 11.3 Å². The number of hydrogen-bond acceptors (Lipinski definition) is 2. The van der Waals surface area contributed by atoms with E-state index in [0.717, 1.165) is 32.5 Å². The van der Waals surface area contributed by atoms with Crippen LogP contribution in [0.2, 0.25) is 0 Å². The highest BCUT2D eigenvalue weighted by Crippen LogP contribution is 2.15. The first-order chi connectivity index (χ1) is 11.3. The number of nitrogens with one attached hydrogen (secondary N) is 1. The Morgan fingerprint density at radius 1 is 1.17 bits per heavy atom. The summed E-state index contributed by atoms with van der Waals surface area (Å²) in [7, 11) is 0. The van der Waals surface area contributed by atoms with Gasteiger partial charge in [0, 0.05) is 36.2 Å². The van der Waals surface area contributed by atoms with Crippen LogP contribution in [0, 0.1) is 0 Å². The lowest BCUT2D eigenvalue weighted by Gasteiger charge is -2.06. The number of fused-ring (bicyclic) bond motifs is 1. The molecule has 0 atom stereocenters. The van der Waals surface area contributed by atoms with E-state index in [9.17, 15) is 0 Å². The van der Waals surface area contributed by atoms with Crippen molar-refractivity contribution in [2.75, 3.05) is 13.1 Å². The standard InChI is InChI=1S/C18H22N4S/c19-18(21-11-8-16-6-3-14-23-16)20-10-4-12-22-13-9-15-5-1-2-7-17(15)22/h1-3,5-7,9,13-14H,4,8,10-12H2,(H3,19,20,21). The smallest absolute Gasteiger partial charge is 0.188 e. The van der Waals surface area contributed by atoms with Crippen LogP contribution in [0.3, 0.4) is 0 Å². The van der Waals surface area contributed by atoms with Gasteiger partial charge in [-0.2, -0.15) is 0 Å². The fraction of sp³-hybridized carbons (Fsp3) is 0.278. The average Bonchev–Trinajstić information content (AvgIpc) is 3.21. The van der Waals surface area contributed by atoms with E-state index in [1.165, 1.54) is 15.8 Å². The molecule has 0 aliphatic carbocycles. The molecule has 0 saturated carbocycles. The third-order valence-corrected chi connectivity index (χ3v) is 4.71. The van der Waals surface area contributed by atoms with E-state index in [2.05, 4.69) is 68.9 Å². The third kappa shape index (κ3) is 4.36. The van der Waals surface area contributed by atoms with Crippen LogP contribution in [-0.2, 0) is 13.0 Å². The highest BCUT2D eigenvalue weighted by atomic mass is 32.1. The quantitative estimate of drug-likeness (QED) is 0.398. The molecule has 0 bridgehead atoms. The van der Waals surface area contributed by atoms with Crippen LogP contribution in [-0.4, -0.2) is 23.6 Å². The van der Waals surface area contributed by atoms with Crippen molar-refractivity contribution in [1.82, 2.24) is 9.88 Å². The second kappa shape index (κ2) is 7.83. The number of benzene rings is 1. The summed E-state index contributed by atoms with van der Waals surface area (Å²) in [5.41, 5.74) is 7.18.